The van der Waals surface area contributed by atoms with Crippen molar-refractivity contribution in [2.45, 2.75) is 18.3 Å². The van der Waals surface area contributed by atoms with E-state index in [-0.39, 0.29) is 12.7 Å². The molecule has 1 saturated carbocycles. The summed E-state index contributed by atoms with van der Waals surface area (Å²) in [5, 5.41) is 3.66. The lowest BCUT2D eigenvalue weighted by Gasteiger charge is -2.17. The van der Waals surface area contributed by atoms with E-state index in [1.54, 1.807) is 18.2 Å². The van der Waals surface area contributed by atoms with E-state index in [1.165, 1.54) is 0 Å². The van der Waals surface area contributed by atoms with E-state index >= 15 is 0 Å². The second-order valence-electron chi connectivity index (χ2n) is 5.71. The number of nitrogens with one attached hydrogen (secondary N) is 1. The smallest absolute Gasteiger partial charge is 0.235 e. The van der Waals surface area contributed by atoms with Crippen molar-refractivity contribution < 1.29 is 14.3 Å². The summed E-state index contributed by atoms with van der Waals surface area (Å²) in [7, 11) is 0. The molecule has 1 fully saturated rings. The van der Waals surface area contributed by atoms with Crippen LogP contribution in [0.5, 0.6) is 11.5 Å². The summed E-state index contributed by atoms with van der Waals surface area (Å²) in [6.07, 6.45) is 1.58. The molecule has 6 heteroatoms. The predicted octanol–water partition coefficient (Wildman–Crippen LogP) is 4.39. The van der Waals surface area contributed by atoms with Gasteiger partial charge in [0.2, 0.25) is 12.7 Å². The molecule has 118 valence electrons. The molecule has 1 N–H and O–H groups in total. The SMILES string of the molecule is O=C(Nc1cccc(Cl)c1Cl)C1(c2ccc3c(c2)OCO3)CC1. The van der Waals surface area contributed by atoms with Gasteiger partial charge in [-0.25, -0.2) is 0 Å². The van der Waals surface area contributed by atoms with Crippen LogP contribution in [0.4, 0.5) is 5.69 Å². The topological polar surface area (TPSA) is 47.6 Å². The lowest BCUT2D eigenvalue weighted by Crippen LogP contribution is -2.27. The minimum atomic E-state index is -0.535. The molecule has 1 aliphatic carbocycles. The van der Waals surface area contributed by atoms with Crippen molar-refractivity contribution in [3.63, 3.8) is 0 Å². The van der Waals surface area contributed by atoms with Gasteiger partial charge < -0.3 is 14.8 Å². The second-order valence-corrected chi connectivity index (χ2v) is 6.49. The summed E-state index contributed by atoms with van der Waals surface area (Å²) in [5.74, 6) is 1.31. The summed E-state index contributed by atoms with van der Waals surface area (Å²) in [4.78, 5) is 12.8. The van der Waals surface area contributed by atoms with Crippen molar-refractivity contribution in [1.29, 1.82) is 0 Å². The number of hydrogen-bond donors (Lipinski definition) is 1. The number of carbonyl (C=O) groups excluding carboxylic acids is 1. The van der Waals surface area contributed by atoms with E-state index in [1.807, 2.05) is 18.2 Å². The van der Waals surface area contributed by atoms with Gasteiger partial charge in [-0.1, -0.05) is 35.3 Å². The van der Waals surface area contributed by atoms with Crippen molar-refractivity contribution >= 4 is 34.8 Å². The van der Waals surface area contributed by atoms with Crippen LogP contribution in [0, 0.1) is 0 Å². The molecule has 2 aromatic rings. The molecule has 23 heavy (non-hydrogen) atoms. The highest BCUT2D eigenvalue weighted by Crippen LogP contribution is 2.51. The van der Waals surface area contributed by atoms with E-state index in [0.717, 1.165) is 18.4 Å². The molecule has 2 aliphatic rings. The normalized spacial score (nSPS) is 17.0. The van der Waals surface area contributed by atoms with Gasteiger partial charge in [0.1, 0.15) is 0 Å². The maximum atomic E-state index is 12.8. The molecular weight excluding hydrogens is 337 g/mol. The van der Waals surface area contributed by atoms with Gasteiger partial charge >= 0.3 is 0 Å². The number of hydrogen-bond acceptors (Lipinski definition) is 3. The van der Waals surface area contributed by atoms with Crippen molar-refractivity contribution in [2.24, 2.45) is 0 Å². The van der Waals surface area contributed by atoms with Gasteiger partial charge in [-0.05, 0) is 42.7 Å². The van der Waals surface area contributed by atoms with Crippen LogP contribution in [-0.2, 0) is 10.2 Å². The first-order valence-electron chi connectivity index (χ1n) is 7.26. The molecule has 4 nitrogen and oxygen atoms in total. The van der Waals surface area contributed by atoms with Gasteiger partial charge in [0.05, 0.1) is 21.1 Å². The van der Waals surface area contributed by atoms with Crippen LogP contribution in [0.1, 0.15) is 18.4 Å². The zero-order valence-corrected chi connectivity index (χ0v) is 13.6. The fourth-order valence-corrected chi connectivity index (χ4v) is 3.16. The minimum Gasteiger partial charge on any atom is -0.454 e. The van der Waals surface area contributed by atoms with E-state index < -0.39 is 5.41 Å². The molecule has 4 rings (SSSR count). The Kier molecular flexibility index (Phi) is 3.39. The summed E-state index contributed by atoms with van der Waals surface area (Å²) in [6.45, 7) is 0.218. The number of rotatable bonds is 3. The molecule has 0 aromatic heterocycles. The highest BCUT2D eigenvalue weighted by atomic mass is 35.5. The Labute approximate surface area is 143 Å². The average molecular weight is 350 g/mol. The van der Waals surface area contributed by atoms with Crippen LogP contribution in [-0.4, -0.2) is 12.7 Å². The Balaban J connectivity index is 1.62. The summed E-state index contributed by atoms with van der Waals surface area (Å²) in [5.41, 5.74) is 0.917. The second kappa shape index (κ2) is 5.32. The van der Waals surface area contributed by atoms with Crippen molar-refractivity contribution in [3.05, 3.63) is 52.0 Å². The molecule has 0 spiro atoms. The zero-order chi connectivity index (χ0) is 16.0. The molecular formula is C17H13Cl2NO3. The van der Waals surface area contributed by atoms with Crippen LogP contribution in [0.2, 0.25) is 10.0 Å². The maximum absolute atomic E-state index is 12.8. The van der Waals surface area contributed by atoms with Gasteiger partial charge in [-0.15, -0.1) is 0 Å². The van der Waals surface area contributed by atoms with Crippen molar-refractivity contribution in [1.82, 2.24) is 0 Å². The number of ether oxygens (including phenoxy) is 2. The standard InChI is InChI=1S/C17H13Cl2NO3/c18-11-2-1-3-12(15(11)19)20-16(21)17(6-7-17)10-4-5-13-14(8-10)23-9-22-13/h1-5,8H,6-7,9H2,(H,20,21). The molecule has 1 heterocycles. The van der Waals surface area contributed by atoms with E-state index in [0.29, 0.717) is 27.2 Å². The fraction of sp³-hybridized carbons (Fsp3) is 0.235. The largest absolute Gasteiger partial charge is 0.454 e. The number of halogens is 2. The Bertz CT molecular complexity index is 802. The lowest BCUT2D eigenvalue weighted by atomic mass is 9.94. The molecule has 1 amide bonds. The minimum absolute atomic E-state index is 0.0828. The van der Waals surface area contributed by atoms with Crippen LogP contribution >= 0.6 is 23.2 Å². The van der Waals surface area contributed by atoms with Gasteiger partial charge in [0, 0.05) is 0 Å². The first kappa shape index (κ1) is 14.7. The predicted molar refractivity (Wildman–Crippen MR) is 88.6 cm³/mol. The maximum Gasteiger partial charge on any atom is 0.235 e. The third-order valence-electron chi connectivity index (χ3n) is 4.31. The number of carbonyl (C=O) groups is 1. The molecule has 0 radical (unpaired) electrons. The number of amides is 1. The summed E-state index contributed by atoms with van der Waals surface area (Å²) < 4.78 is 10.7. The fourth-order valence-electron chi connectivity index (χ4n) is 2.81. The van der Waals surface area contributed by atoms with Crippen LogP contribution in [0.25, 0.3) is 0 Å². The molecule has 0 saturated heterocycles. The average Bonchev–Trinajstić information content (AvgIpc) is 3.23. The molecule has 0 atom stereocenters. The zero-order valence-electron chi connectivity index (χ0n) is 12.1. The molecule has 0 unspecified atom stereocenters. The van der Waals surface area contributed by atoms with Crippen LogP contribution in [0.3, 0.4) is 0 Å². The van der Waals surface area contributed by atoms with Gasteiger partial charge in [0.25, 0.3) is 0 Å². The molecule has 2 aromatic carbocycles. The lowest BCUT2D eigenvalue weighted by molar-refractivity contribution is -0.118. The Morgan fingerprint density at radius 3 is 2.65 bits per heavy atom. The third kappa shape index (κ3) is 2.42. The highest BCUT2D eigenvalue weighted by Gasteiger charge is 2.51. The quantitative estimate of drug-likeness (QED) is 0.893. The first-order chi connectivity index (χ1) is 11.1. The number of benzene rings is 2. The van der Waals surface area contributed by atoms with E-state index in [2.05, 4.69) is 5.32 Å². The summed E-state index contributed by atoms with van der Waals surface area (Å²) >= 11 is 12.1. The van der Waals surface area contributed by atoms with Crippen LogP contribution in [0.15, 0.2) is 36.4 Å². The Morgan fingerprint density at radius 1 is 1.09 bits per heavy atom. The molecule has 0 bridgehead atoms. The van der Waals surface area contributed by atoms with E-state index in [4.69, 9.17) is 32.7 Å². The van der Waals surface area contributed by atoms with Crippen molar-refractivity contribution in [2.75, 3.05) is 12.1 Å². The third-order valence-corrected chi connectivity index (χ3v) is 5.13. The van der Waals surface area contributed by atoms with Gasteiger partial charge in [-0.2, -0.15) is 0 Å². The molecule has 1 aliphatic heterocycles. The summed E-state index contributed by atoms with van der Waals surface area (Å²) in [6, 6.07) is 10.8. The van der Waals surface area contributed by atoms with Gasteiger partial charge in [0.15, 0.2) is 11.5 Å². The highest BCUT2D eigenvalue weighted by molar-refractivity contribution is 6.44. The Morgan fingerprint density at radius 2 is 1.87 bits per heavy atom. The Hall–Kier alpha value is -1.91. The number of anilines is 1. The van der Waals surface area contributed by atoms with Crippen LogP contribution < -0.4 is 14.8 Å². The monoisotopic (exact) mass is 349 g/mol. The van der Waals surface area contributed by atoms with Gasteiger partial charge in [-0.3, -0.25) is 4.79 Å². The first-order valence-corrected chi connectivity index (χ1v) is 8.01. The van der Waals surface area contributed by atoms with E-state index in [9.17, 15) is 4.79 Å². The van der Waals surface area contributed by atoms with Crippen molar-refractivity contribution in [3.8, 4) is 11.5 Å². The number of fused-ring (bicyclic) bond motifs is 1.